The number of nitriles is 2. The van der Waals surface area contributed by atoms with Gasteiger partial charge in [0.25, 0.3) is 5.56 Å². The minimum Gasteiger partial charge on any atom is -0.464 e. The average molecular weight is 239 g/mol. The molecule has 0 aliphatic rings. The van der Waals surface area contributed by atoms with Crippen molar-refractivity contribution < 1.29 is 4.42 Å². The van der Waals surface area contributed by atoms with E-state index in [4.69, 9.17) is 14.9 Å². The van der Waals surface area contributed by atoms with Crippen LogP contribution in [0.15, 0.2) is 33.7 Å². The smallest absolute Gasteiger partial charge is 0.270 e. The Morgan fingerprint density at radius 2 is 2.22 bits per heavy atom. The highest BCUT2D eigenvalue weighted by Gasteiger charge is 2.15. The summed E-state index contributed by atoms with van der Waals surface area (Å²) in [6.07, 6.45) is 1.48. The molecular formula is C13H9N3O2. The molecule has 0 unspecified atom stereocenters. The Kier molecular flexibility index (Phi) is 2.99. The van der Waals surface area contributed by atoms with E-state index in [1.165, 1.54) is 10.8 Å². The third-order valence-corrected chi connectivity index (χ3v) is 2.63. The minimum atomic E-state index is -0.467. The average Bonchev–Trinajstić information content (AvgIpc) is 2.87. The maximum absolute atomic E-state index is 12.1. The molecule has 2 aromatic rings. The zero-order valence-corrected chi connectivity index (χ0v) is 9.67. The summed E-state index contributed by atoms with van der Waals surface area (Å²) in [4.78, 5) is 12.1. The molecule has 0 N–H and O–H groups in total. The second kappa shape index (κ2) is 4.60. The van der Waals surface area contributed by atoms with E-state index in [0.717, 1.165) is 0 Å². The van der Waals surface area contributed by atoms with Crippen molar-refractivity contribution in [2.75, 3.05) is 0 Å². The summed E-state index contributed by atoms with van der Waals surface area (Å²) in [6.45, 7) is 1.64. The highest BCUT2D eigenvalue weighted by molar-refractivity contribution is 5.65. The first-order chi connectivity index (χ1) is 8.69. The van der Waals surface area contributed by atoms with E-state index < -0.39 is 5.56 Å². The lowest BCUT2D eigenvalue weighted by molar-refractivity contribution is 0.581. The van der Waals surface area contributed by atoms with Crippen LogP contribution in [0.1, 0.15) is 11.3 Å². The van der Waals surface area contributed by atoms with E-state index in [-0.39, 0.29) is 12.1 Å². The van der Waals surface area contributed by atoms with Crippen molar-refractivity contribution in [3.8, 4) is 23.5 Å². The summed E-state index contributed by atoms with van der Waals surface area (Å²) >= 11 is 0. The Hall–Kier alpha value is -2.79. The predicted molar refractivity (Wildman–Crippen MR) is 63.5 cm³/mol. The van der Waals surface area contributed by atoms with Gasteiger partial charge in [-0.2, -0.15) is 10.5 Å². The summed E-state index contributed by atoms with van der Waals surface area (Å²) in [5.41, 5.74) is 0.599. The summed E-state index contributed by atoms with van der Waals surface area (Å²) in [5, 5.41) is 17.8. The Labute approximate surface area is 103 Å². The standard InChI is InChI=1S/C13H9N3O2/c1-9-7-10(12-3-2-6-18-12)11(8-15)13(17)16(9)5-4-14/h2-3,6-7H,5H2,1H3. The number of hydrogen-bond acceptors (Lipinski definition) is 4. The Morgan fingerprint density at radius 3 is 2.78 bits per heavy atom. The largest absolute Gasteiger partial charge is 0.464 e. The first-order valence-electron chi connectivity index (χ1n) is 5.24. The molecule has 88 valence electrons. The molecule has 0 atom stereocenters. The van der Waals surface area contributed by atoms with Crippen molar-refractivity contribution in [1.29, 1.82) is 10.5 Å². The van der Waals surface area contributed by atoms with E-state index in [2.05, 4.69) is 0 Å². The Balaban J connectivity index is 2.76. The lowest BCUT2D eigenvalue weighted by Crippen LogP contribution is -2.25. The molecule has 0 amide bonds. The third kappa shape index (κ3) is 1.79. The second-order valence-corrected chi connectivity index (χ2v) is 3.71. The van der Waals surface area contributed by atoms with Crippen LogP contribution in [-0.4, -0.2) is 4.57 Å². The summed E-state index contributed by atoms with van der Waals surface area (Å²) in [6, 6.07) is 8.82. The molecule has 2 rings (SSSR count). The fraction of sp³-hybridized carbons (Fsp3) is 0.154. The van der Waals surface area contributed by atoms with E-state index in [1.807, 2.05) is 12.1 Å². The van der Waals surface area contributed by atoms with Crippen LogP contribution >= 0.6 is 0 Å². The number of aromatic nitrogens is 1. The van der Waals surface area contributed by atoms with Gasteiger partial charge in [0, 0.05) is 11.3 Å². The van der Waals surface area contributed by atoms with Gasteiger partial charge in [0.15, 0.2) is 0 Å². The van der Waals surface area contributed by atoms with Crippen molar-refractivity contribution in [3.05, 3.63) is 46.1 Å². The lowest BCUT2D eigenvalue weighted by atomic mass is 10.1. The van der Waals surface area contributed by atoms with Crippen LogP contribution in [0, 0.1) is 29.6 Å². The number of hydrogen-bond donors (Lipinski definition) is 0. The number of nitrogens with zero attached hydrogens (tertiary/aromatic N) is 3. The fourth-order valence-corrected chi connectivity index (χ4v) is 1.77. The number of furan rings is 1. The molecule has 0 aliphatic carbocycles. The molecule has 0 saturated carbocycles. The van der Waals surface area contributed by atoms with Gasteiger partial charge in [-0.05, 0) is 25.1 Å². The van der Waals surface area contributed by atoms with Crippen LogP contribution in [0.3, 0.4) is 0 Å². The molecule has 0 radical (unpaired) electrons. The fourth-order valence-electron chi connectivity index (χ4n) is 1.77. The Bertz CT molecular complexity index is 712. The van der Waals surface area contributed by atoms with Gasteiger partial charge in [-0.1, -0.05) is 0 Å². The van der Waals surface area contributed by atoms with Crippen LogP contribution in [0.4, 0.5) is 0 Å². The SMILES string of the molecule is Cc1cc(-c2ccco2)c(C#N)c(=O)n1CC#N. The van der Waals surface area contributed by atoms with Crippen molar-refractivity contribution in [2.45, 2.75) is 13.5 Å². The maximum Gasteiger partial charge on any atom is 0.270 e. The summed E-state index contributed by atoms with van der Waals surface area (Å²) in [5.74, 6) is 0.468. The highest BCUT2D eigenvalue weighted by Crippen LogP contribution is 2.22. The summed E-state index contributed by atoms with van der Waals surface area (Å²) < 4.78 is 6.48. The molecule has 5 heteroatoms. The molecule has 0 bridgehead atoms. The predicted octanol–water partition coefficient (Wildman–Crippen LogP) is 1.81. The Morgan fingerprint density at radius 1 is 1.44 bits per heavy atom. The van der Waals surface area contributed by atoms with Crippen molar-refractivity contribution in [2.24, 2.45) is 0 Å². The minimum absolute atomic E-state index is 0.00852. The van der Waals surface area contributed by atoms with E-state index in [0.29, 0.717) is 17.0 Å². The second-order valence-electron chi connectivity index (χ2n) is 3.71. The quantitative estimate of drug-likeness (QED) is 0.800. The van der Waals surface area contributed by atoms with Gasteiger partial charge in [0.1, 0.15) is 23.9 Å². The molecule has 0 aliphatic heterocycles. The van der Waals surface area contributed by atoms with Gasteiger partial charge in [0.2, 0.25) is 0 Å². The zero-order chi connectivity index (χ0) is 13.1. The van der Waals surface area contributed by atoms with Crippen LogP contribution < -0.4 is 5.56 Å². The normalized spacial score (nSPS) is 9.72. The maximum atomic E-state index is 12.1. The van der Waals surface area contributed by atoms with Gasteiger partial charge in [-0.25, -0.2) is 0 Å². The molecule has 5 nitrogen and oxygen atoms in total. The molecule has 2 heterocycles. The van der Waals surface area contributed by atoms with E-state index >= 15 is 0 Å². The van der Waals surface area contributed by atoms with Gasteiger partial charge >= 0.3 is 0 Å². The van der Waals surface area contributed by atoms with Gasteiger partial charge < -0.3 is 4.42 Å². The van der Waals surface area contributed by atoms with Crippen LogP contribution in [-0.2, 0) is 6.54 Å². The molecule has 0 aromatic carbocycles. The van der Waals surface area contributed by atoms with Crippen LogP contribution in [0.25, 0.3) is 11.3 Å². The van der Waals surface area contributed by atoms with Gasteiger partial charge in [-0.3, -0.25) is 9.36 Å². The lowest BCUT2D eigenvalue weighted by Gasteiger charge is -2.09. The molecule has 18 heavy (non-hydrogen) atoms. The molecule has 0 saturated heterocycles. The first kappa shape index (κ1) is 11.7. The zero-order valence-electron chi connectivity index (χ0n) is 9.67. The third-order valence-electron chi connectivity index (χ3n) is 2.63. The van der Waals surface area contributed by atoms with Crippen molar-refractivity contribution in [3.63, 3.8) is 0 Å². The van der Waals surface area contributed by atoms with Crippen molar-refractivity contribution >= 4 is 0 Å². The molecule has 2 aromatic heterocycles. The van der Waals surface area contributed by atoms with Crippen LogP contribution in [0.5, 0.6) is 0 Å². The molecule has 0 fully saturated rings. The number of aryl methyl sites for hydroxylation is 1. The highest BCUT2D eigenvalue weighted by atomic mass is 16.3. The van der Waals surface area contributed by atoms with Crippen LogP contribution in [0.2, 0.25) is 0 Å². The number of pyridine rings is 1. The topological polar surface area (TPSA) is 82.7 Å². The number of rotatable bonds is 2. The molecular weight excluding hydrogens is 230 g/mol. The molecule has 0 spiro atoms. The van der Waals surface area contributed by atoms with E-state index in [1.54, 1.807) is 25.1 Å². The van der Waals surface area contributed by atoms with Gasteiger partial charge in [-0.15, -0.1) is 0 Å². The van der Waals surface area contributed by atoms with E-state index in [9.17, 15) is 4.79 Å². The monoisotopic (exact) mass is 239 g/mol. The first-order valence-corrected chi connectivity index (χ1v) is 5.24. The summed E-state index contributed by atoms with van der Waals surface area (Å²) in [7, 11) is 0. The van der Waals surface area contributed by atoms with Crippen molar-refractivity contribution in [1.82, 2.24) is 4.57 Å². The van der Waals surface area contributed by atoms with Gasteiger partial charge in [0.05, 0.1) is 12.3 Å².